The summed E-state index contributed by atoms with van der Waals surface area (Å²) in [5, 5.41) is 3.50. The van der Waals surface area contributed by atoms with Crippen LogP contribution in [0.25, 0.3) is 0 Å². The van der Waals surface area contributed by atoms with Gasteiger partial charge in [-0.1, -0.05) is 33.1 Å². The van der Waals surface area contributed by atoms with E-state index >= 15 is 0 Å². The molecule has 0 spiro atoms. The first-order chi connectivity index (χ1) is 6.73. The van der Waals surface area contributed by atoms with E-state index in [1.807, 2.05) is 0 Å². The van der Waals surface area contributed by atoms with Crippen LogP contribution in [0.1, 0.15) is 58.8 Å². The first kappa shape index (κ1) is 10.5. The molecule has 0 aromatic rings. The number of nitrogens with one attached hydrogen (secondary N) is 1. The summed E-state index contributed by atoms with van der Waals surface area (Å²) >= 11 is 0. The molecule has 14 heavy (non-hydrogen) atoms. The topological polar surface area (TPSA) is 21.9 Å². The second-order valence-electron chi connectivity index (χ2n) is 5.79. The van der Waals surface area contributed by atoms with Gasteiger partial charge in [0.25, 0.3) is 0 Å². The molecule has 0 bridgehead atoms. The Morgan fingerprint density at radius 3 is 2.86 bits per heavy atom. The molecule has 3 unspecified atom stereocenters. The summed E-state index contributed by atoms with van der Waals surface area (Å²) in [6, 6.07) is 0.899. The second-order valence-corrected chi connectivity index (χ2v) is 5.79. The quantitative estimate of drug-likeness (QED) is 0.683. The van der Waals surface area contributed by atoms with Crippen molar-refractivity contribution in [3.8, 4) is 0 Å². The van der Waals surface area contributed by atoms with Crippen LogP contribution in [-0.4, -0.2) is 12.6 Å². The smallest absolute Gasteiger partial charge is 0.0221 e. The third-order valence-corrected chi connectivity index (χ3v) is 4.25. The van der Waals surface area contributed by atoms with Crippen LogP contribution in [0.15, 0.2) is 0 Å². The van der Waals surface area contributed by atoms with Gasteiger partial charge in [-0.2, -0.15) is 0 Å². The zero-order valence-electron chi connectivity index (χ0n) is 9.81. The molecular formula is C13H25N. The lowest BCUT2D eigenvalue weighted by Crippen LogP contribution is -2.29. The third kappa shape index (κ3) is 2.50. The molecular weight excluding hydrogens is 170 g/mol. The lowest BCUT2D eigenvalue weighted by Gasteiger charge is -2.38. The highest BCUT2D eigenvalue weighted by atomic mass is 15.1. The van der Waals surface area contributed by atoms with Gasteiger partial charge in [0.2, 0.25) is 0 Å². The van der Waals surface area contributed by atoms with Crippen LogP contribution in [0, 0.1) is 11.3 Å². The normalized spacial score (nSPS) is 42.4. The largest absolute Gasteiger partial charge is 0.311 e. The molecule has 1 aliphatic carbocycles. The van der Waals surface area contributed by atoms with Crippen LogP contribution in [-0.2, 0) is 0 Å². The van der Waals surface area contributed by atoms with Crippen molar-refractivity contribution in [1.82, 2.24) is 5.32 Å². The second kappa shape index (κ2) is 4.22. The predicted molar refractivity (Wildman–Crippen MR) is 61.4 cm³/mol. The van der Waals surface area contributed by atoms with Crippen molar-refractivity contribution in [2.24, 2.45) is 11.3 Å². The maximum Gasteiger partial charge on any atom is 0.0221 e. The van der Waals surface area contributed by atoms with Gasteiger partial charge in [0, 0.05) is 12.6 Å². The molecule has 1 saturated carbocycles. The molecule has 1 nitrogen and oxygen atoms in total. The summed E-state index contributed by atoms with van der Waals surface area (Å²) in [6.45, 7) is 6.14. The number of unbranched alkanes of at least 4 members (excludes halogenated alkanes) is 1. The fourth-order valence-corrected chi connectivity index (χ4v) is 3.20. The van der Waals surface area contributed by atoms with E-state index in [-0.39, 0.29) is 0 Å². The minimum atomic E-state index is 0.684. The van der Waals surface area contributed by atoms with Crippen molar-refractivity contribution in [2.75, 3.05) is 6.54 Å². The zero-order valence-corrected chi connectivity index (χ0v) is 9.81. The molecule has 82 valence electrons. The van der Waals surface area contributed by atoms with Gasteiger partial charge in [-0.25, -0.2) is 0 Å². The average molecular weight is 195 g/mol. The van der Waals surface area contributed by atoms with Crippen molar-refractivity contribution in [1.29, 1.82) is 0 Å². The molecule has 1 aliphatic heterocycles. The van der Waals surface area contributed by atoms with Crippen LogP contribution in [0.2, 0.25) is 0 Å². The molecule has 2 fully saturated rings. The summed E-state index contributed by atoms with van der Waals surface area (Å²) in [6.07, 6.45) is 10.2. The Balaban J connectivity index is 1.84. The molecule has 1 heteroatoms. The van der Waals surface area contributed by atoms with Gasteiger partial charge in [0.05, 0.1) is 0 Å². The number of hydrogen-bond donors (Lipinski definition) is 1. The monoisotopic (exact) mass is 195 g/mol. The summed E-state index contributed by atoms with van der Waals surface area (Å²) in [5.74, 6) is 1.01. The predicted octanol–water partition coefficient (Wildman–Crippen LogP) is 3.34. The first-order valence-electron chi connectivity index (χ1n) is 6.47. The highest BCUT2D eigenvalue weighted by Gasteiger charge is 2.38. The van der Waals surface area contributed by atoms with Gasteiger partial charge < -0.3 is 5.32 Å². The first-order valence-corrected chi connectivity index (χ1v) is 6.47. The highest BCUT2D eigenvalue weighted by molar-refractivity contribution is 4.95. The van der Waals surface area contributed by atoms with Gasteiger partial charge in [-0.05, 0) is 37.0 Å². The van der Waals surface area contributed by atoms with E-state index in [0.29, 0.717) is 5.41 Å². The molecule has 0 aromatic carbocycles. The highest BCUT2D eigenvalue weighted by Crippen LogP contribution is 2.44. The summed E-state index contributed by atoms with van der Waals surface area (Å²) in [5.41, 5.74) is 0.684. The minimum absolute atomic E-state index is 0.684. The lowest BCUT2D eigenvalue weighted by molar-refractivity contribution is 0.142. The van der Waals surface area contributed by atoms with E-state index in [0.717, 1.165) is 12.0 Å². The fraction of sp³-hybridized carbons (Fsp3) is 1.00. The Hall–Kier alpha value is -0.0400. The molecule has 1 heterocycles. The van der Waals surface area contributed by atoms with Crippen molar-refractivity contribution in [3.63, 3.8) is 0 Å². The third-order valence-electron chi connectivity index (χ3n) is 4.25. The molecule has 1 N–H and O–H groups in total. The molecule has 3 atom stereocenters. The summed E-state index contributed by atoms with van der Waals surface area (Å²) < 4.78 is 0. The molecule has 0 amide bonds. The Bertz CT molecular complexity index is 186. The Kier molecular flexibility index (Phi) is 3.16. The van der Waals surface area contributed by atoms with Crippen molar-refractivity contribution in [2.45, 2.75) is 64.8 Å². The van der Waals surface area contributed by atoms with Crippen molar-refractivity contribution in [3.05, 3.63) is 0 Å². The number of rotatable bonds is 4. The van der Waals surface area contributed by atoms with Crippen LogP contribution < -0.4 is 5.32 Å². The van der Waals surface area contributed by atoms with Gasteiger partial charge in [-0.15, -0.1) is 0 Å². The maximum absolute atomic E-state index is 3.50. The fourth-order valence-electron chi connectivity index (χ4n) is 3.20. The minimum Gasteiger partial charge on any atom is -0.311 e. The van der Waals surface area contributed by atoms with Crippen molar-refractivity contribution < 1.29 is 0 Å². The van der Waals surface area contributed by atoms with E-state index in [1.165, 1.54) is 51.5 Å². The summed E-state index contributed by atoms with van der Waals surface area (Å²) in [4.78, 5) is 0. The maximum atomic E-state index is 3.50. The average Bonchev–Trinajstić information content (AvgIpc) is 2.98. The standard InChI is InChI=1S/C13H25N/c1-3-4-7-13(2)8-5-6-11(9-13)12-10-14-12/h11-12,14H,3-10H2,1-2H3. The summed E-state index contributed by atoms with van der Waals surface area (Å²) in [7, 11) is 0. The Morgan fingerprint density at radius 1 is 1.43 bits per heavy atom. The van der Waals surface area contributed by atoms with E-state index in [1.54, 1.807) is 0 Å². The van der Waals surface area contributed by atoms with Crippen LogP contribution >= 0.6 is 0 Å². The molecule has 1 saturated heterocycles. The van der Waals surface area contributed by atoms with Crippen LogP contribution in [0.5, 0.6) is 0 Å². The Morgan fingerprint density at radius 2 is 2.21 bits per heavy atom. The SMILES string of the molecule is CCCCC1(C)CCCC(C2CN2)C1. The molecule has 0 aromatic heterocycles. The van der Waals surface area contributed by atoms with E-state index in [4.69, 9.17) is 0 Å². The lowest BCUT2D eigenvalue weighted by atomic mass is 9.67. The van der Waals surface area contributed by atoms with Crippen molar-refractivity contribution >= 4 is 0 Å². The Labute approximate surface area is 88.7 Å². The van der Waals surface area contributed by atoms with Gasteiger partial charge >= 0.3 is 0 Å². The van der Waals surface area contributed by atoms with Gasteiger partial charge in [0.15, 0.2) is 0 Å². The zero-order chi connectivity index (χ0) is 10.0. The van der Waals surface area contributed by atoms with E-state index < -0.39 is 0 Å². The van der Waals surface area contributed by atoms with Crippen LogP contribution in [0.3, 0.4) is 0 Å². The van der Waals surface area contributed by atoms with Gasteiger partial charge in [-0.3, -0.25) is 0 Å². The molecule has 2 aliphatic rings. The van der Waals surface area contributed by atoms with E-state index in [2.05, 4.69) is 19.2 Å². The van der Waals surface area contributed by atoms with E-state index in [9.17, 15) is 0 Å². The molecule has 0 radical (unpaired) electrons. The number of hydrogen-bond acceptors (Lipinski definition) is 1. The van der Waals surface area contributed by atoms with Crippen LogP contribution in [0.4, 0.5) is 0 Å². The van der Waals surface area contributed by atoms with Gasteiger partial charge in [0.1, 0.15) is 0 Å². The molecule has 2 rings (SSSR count).